The average Bonchev–Trinajstić information content (AvgIpc) is 3.53. The lowest BCUT2D eigenvalue weighted by Crippen LogP contribution is -2.35. The van der Waals surface area contributed by atoms with Crippen LogP contribution in [0.1, 0.15) is 29.8 Å². The SMILES string of the molecule is COc1cc2nn(C)cc2cc1NC(=O)c1cnc(N2CCC(N3CCCC3)C2)cn1. The number of likely N-dealkylation sites (tertiary alicyclic amines) is 1. The molecule has 31 heavy (non-hydrogen) atoms. The largest absolute Gasteiger partial charge is 0.494 e. The zero-order valence-electron chi connectivity index (χ0n) is 17.9. The Kier molecular flexibility index (Phi) is 5.19. The minimum atomic E-state index is -0.322. The molecule has 2 aromatic heterocycles. The van der Waals surface area contributed by atoms with Crippen LogP contribution in [-0.4, -0.2) is 69.9 Å². The molecule has 1 unspecified atom stereocenters. The molecule has 0 radical (unpaired) electrons. The molecule has 0 bridgehead atoms. The fourth-order valence-corrected chi connectivity index (χ4v) is 4.59. The lowest BCUT2D eigenvalue weighted by molar-refractivity contribution is 0.102. The number of ether oxygens (including phenoxy) is 1. The van der Waals surface area contributed by atoms with Gasteiger partial charge in [-0.3, -0.25) is 14.4 Å². The first-order chi connectivity index (χ1) is 15.1. The second-order valence-corrected chi connectivity index (χ2v) is 8.26. The van der Waals surface area contributed by atoms with Gasteiger partial charge in [0, 0.05) is 43.8 Å². The first-order valence-corrected chi connectivity index (χ1v) is 10.7. The van der Waals surface area contributed by atoms with Gasteiger partial charge in [0.1, 0.15) is 17.3 Å². The first kappa shape index (κ1) is 19.7. The van der Waals surface area contributed by atoms with Crippen LogP contribution in [0.4, 0.5) is 11.5 Å². The fraction of sp³-hybridized carbons (Fsp3) is 0.455. The van der Waals surface area contributed by atoms with E-state index in [9.17, 15) is 4.79 Å². The molecular formula is C22H27N7O2. The van der Waals surface area contributed by atoms with Crippen LogP contribution in [-0.2, 0) is 7.05 Å². The lowest BCUT2D eigenvalue weighted by Gasteiger charge is -2.23. The third-order valence-electron chi connectivity index (χ3n) is 6.20. The third kappa shape index (κ3) is 3.93. The highest BCUT2D eigenvalue weighted by molar-refractivity contribution is 6.04. The number of benzene rings is 1. The summed E-state index contributed by atoms with van der Waals surface area (Å²) in [6, 6.07) is 4.26. The van der Waals surface area contributed by atoms with E-state index >= 15 is 0 Å². The molecule has 1 amide bonds. The van der Waals surface area contributed by atoms with Crippen molar-refractivity contribution in [1.29, 1.82) is 0 Å². The predicted octanol–water partition coefficient (Wildman–Crippen LogP) is 2.30. The number of rotatable bonds is 5. The second-order valence-electron chi connectivity index (χ2n) is 8.26. The highest BCUT2D eigenvalue weighted by Gasteiger charge is 2.30. The number of hydrogen-bond acceptors (Lipinski definition) is 7. The highest BCUT2D eigenvalue weighted by atomic mass is 16.5. The van der Waals surface area contributed by atoms with Gasteiger partial charge in [-0.2, -0.15) is 5.10 Å². The summed E-state index contributed by atoms with van der Waals surface area (Å²) in [7, 11) is 3.43. The van der Waals surface area contributed by atoms with Gasteiger partial charge in [0.15, 0.2) is 0 Å². The number of carbonyl (C=O) groups is 1. The quantitative estimate of drug-likeness (QED) is 0.676. The Hall–Kier alpha value is -3.20. The summed E-state index contributed by atoms with van der Waals surface area (Å²) >= 11 is 0. The number of nitrogens with zero attached hydrogens (tertiary/aromatic N) is 6. The zero-order valence-corrected chi connectivity index (χ0v) is 17.9. The molecule has 9 heteroatoms. The van der Waals surface area contributed by atoms with Gasteiger partial charge in [-0.1, -0.05) is 0 Å². The molecule has 3 aromatic rings. The fourth-order valence-electron chi connectivity index (χ4n) is 4.59. The smallest absolute Gasteiger partial charge is 0.275 e. The molecule has 1 aromatic carbocycles. The van der Waals surface area contributed by atoms with Crippen LogP contribution in [0.2, 0.25) is 0 Å². The van der Waals surface area contributed by atoms with E-state index in [-0.39, 0.29) is 11.6 Å². The number of amides is 1. The van der Waals surface area contributed by atoms with Gasteiger partial charge in [-0.05, 0) is 38.4 Å². The maximum Gasteiger partial charge on any atom is 0.275 e. The maximum absolute atomic E-state index is 12.8. The average molecular weight is 422 g/mol. The Morgan fingerprint density at radius 2 is 2.00 bits per heavy atom. The van der Waals surface area contributed by atoms with Crippen molar-refractivity contribution in [2.75, 3.05) is 43.5 Å². The lowest BCUT2D eigenvalue weighted by atomic mass is 10.2. The van der Waals surface area contributed by atoms with E-state index in [1.54, 1.807) is 24.2 Å². The summed E-state index contributed by atoms with van der Waals surface area (Å²) in [4.78, 5) is 26.5. The number of anilines is 2. The summed E-state index contributed by atoms with van der Waals surface area (Å²) in [6.07, 6.45) is 8.90. The van der Waals surface area contributed by atoms with Gasteiger partial charge in [0.2, 0.25) is 0 Å². The van der Waals surface area contributed by atoms with Crippen LogP contribution < -0.4 is 15.0 Å². The van der Waals surface area contributed by atoms with E-state index < -0.39 is 0 Å². The maximum atomic E-state index is 12.8. The molecule has 2 aliphatic heterocycles. The molecule has 1 N–H and O–H groups in total. The second kappa shape index (κ2) is 8.14. The van der Waals surface area contributed by atoms with Crippen LogP contribution >= 0.6 is 0 Å². The molecule has 4 heterocycles. The number of fused-ring (bicyclic) bond motifs is 1. The predicted molar refractivity (Wildman–Crippen MR) is 119 cm³/mol. The number of hydrogen-bond donors (Lipinski definition) is 1. The van der Waals surface area contributed by atoms with Crippen molar-refractivity contribution in [1.82, 2.24) is 24.6 Å². The molecule has 0 saturated carbocycles. The summed E-state index contributed by atoms with van der Waals surface area (Å²) in [5.41, 5.74) is 1.65. The van der Waals surface area contributed by atoms with E-state index in [4.69, 9.17) is 4.74 Å². The summed E-state index contributed by atoms with van der Waals surface area (Å²) in [5, 5.41) is 8.18. The molecule has 0 spiro atoms. The Morgan fingerprint density at radius 3 is 2.74 bits per heavy atom. The Morgan fingerprint density at radius 1 is 1.16 bits per heavy atom. The van der Waals surface area contributed by atoms with Gasteiger partial charge in [-0.15, -0.1) is 0 Å². The number of aryl methyl sites for hydroxylation is 1. The Balaban J connectivity index is 1.28. The van der Waals surface area contributed by atoms with E-state index in [1.807, 2.05) is 25.4 Å². The first-order valence-electron chi connectivity index (χ1n) is 10.7. The third-order valence-corrected chi connectivity index (χ3v) is 6.20. The monoisotopic (exact) mass is 421 g/mol. The number of carbonyl (C=O) groups excluding carboxylic acids is 1. The minimum Gasteiger partial charge on any atom is -0.494 e. The van der Waals surface area contributed by atoms with E-state index in [1.165, 1.54) is 25.9 Å². The van der Waals surface area contributed by atoms with Gasteiger partial charge in [0.05, 0.1) is 30.7 Å². The molecular weight excluding hydrogens is 394 g/mol. The van der Waals surface area contributed by atoms with E-state index in [0.717, 1.165) is 36.2 Å². The van der Waals surface area contributed by atoms with Gasteiger partial charge in [-0.25, -0.2) is 9.97 Å². The van der Waals surface area contributed by atoms with Crippen molar-refractivity contribution in [2.45, 2.75) is 25.3 Å². The topological polar surface area (TPSA) is 88.4 Å². The van der Waals surface area contributed by atoms with Crippen molar-refractivity contribution in [2.24, 2.45) is 7.05 Å². The minimum absolute atomic E-state index is 0.271. The molecule has 5 rings (SSSR count). The van der Waals surface area contributed by atoms with Gasteiger partial charge < -0.3 is 15.0 Å². The number of nitrogens with one attached hydrogen (secondary N) is 1. The van der Waals surface area contributed by atoms with Crippen LogP contribution in [0.15, 0.2) is 30.7 Å². The molecule has 9 nitrogen and oxygen atoms in total. The summed E-state index contributed by atoms with van der Waals surface area (Å²) in [6.45, 7) is 4.36. The van der Waals surface area contributed by atoms with Crippen LogP contribution in [0.5, 0.6) is 5.75 Å². The zero-order chi connectivity index (χ0) is 21.4. The molecule has 162 valence electrons. The number of methoxy groups -OCH3 is 1. The molecule has 1 atom stereocenters. The Bertz CT molecular complexity index is 1090. The summed E-state index contributed by atoms with van der Waals surface area (Å²) < 4.78 is 7.16. The van der Waals surface area contributed by atoms with Gasteiger partial charge >= 0.3 is 0 Å². The molecule has 0 aliphatic carbocycles. The van der Waals surface area contributed by atoms with Crippen LogP contribution in [0.3, 0.4) is 0 Å². The molecule has 2 aliphatic rings. The molecule has 2 saturated heterocycles. The van der Waals surface area contributed by atoms with Crippen molar-refractivity contribution < 1.29 is 9.53 Å². The summed E-state index contributed by atoms with van der Waals surface area (Å²) in [5.74, 6) is 1.05. The highest BCUT2D eigenvalue weighted by Crippen LogP contribution is 2.30. The molecule has 2 fully saturated rings. The van der Waals surface area contributed by atoms with Crippen molar-refractivity contribution >= 4 is 28.3 Å². The van der Waals surface area contributed by atoms with Crippen LogP contribution in [0.25, 0.3) is 10.9 Å². The van der Waals surface area contributed by atoms with Crippen molar-refractivity contribution in [3.8, 4) is 5.75 Å². The van der Waals surface area contributed by atoms with Crippen molar-refractivity contribution in [3.63, 3.8) is 0 Å². The standard InChI is InChI=1S/C22H27N7O2/c1-27-13-15-9-18(20(31-2)10-17(15)26-27)25-22(30)19-11-24-21(12-23-19)29-8-5-16(14-29)28-6-3-4-7-28/h9-13,16H,3-8,14H2,1-2H3,(H,25,30). The van der Waals surface area contributed by atoms with Crippen LogP contribution in [0, 0.1) is 0 Å². The van der Waals surface area contributed by atoms with Gasteiger partial charge in [0.25, 0.3) is 5.91 Å². The van der Waals surface area contributed by atoms with E-state index in [0.29, 0.717) is 17.5 Å². The number of aromatic nitrogens is 4. The normalized spacial score (nSPS) is 19.3. The van der Waals surface area contributed by atoms with E-state index in [2.05, 4.69) is 30.2 Å². The Labute approximate surface area is 181 Å². The van der Waals surface area contributed by atoms with Crippen molar-refractivity contribution in [3.05, 3.63) is 36.4 Å².